The number of amides is 1. The maximum absolute atomic E-state index is 13.8. The molecule has 16 nitrogen and oxygen atoms in total. The van der Waals surface area contributed by atoms with Crippen molar-refractivity contribution in [3.05, 3.63) is 82.3 Å². The van der Waals surface area contributed by atoms with Gasteiger partial charge in [-0.25, -0.2) is 31.9 Å². The summed E-state index contributed by atoms with van der Waals surface area (Å²) >= 11 is 6.09. The minimum Gasteiger partial charge on any atom is -0.467 e. The molecule has 1 aromatic heterocycles. The summed E-state index contributed by atoms with van der Waals surface area (Å²) in [5.74, 6) is -6.12. The van der Waals surface area contributed by atoms with Crippen LogP contribution in [0.3, 0.4) is 0 Å². The Morgan fingerprint density at radius 2 is 1.65 bits per heavy atom. The van der Waals surface area contributed by atoms with Gasteiger partial charge in [-0.15, -0.1) is 0 Å². The number of aliphatic hydroxyl groups is 1. The second-order valence-corrected chi connectivity index (χ2v) is 13.9. The lowest BCUT2D eigenvalue weighted by Gasteiger charge is -2.47. The van der Waals surface area contributed by atoms with E-state index >= 15 is 0 Å². The fraction of sp³-hybridized carbons (Fsp3) is 0.412. The highest BCUT2D eigenvalue weighted by atomic mass is 35.5. The number of nitrogens with two attached hydrogens (primary N) is 1. The van der Waals surface area contributed by atoms with Gasteiger partial charge >= 0.3 is 24.0 Å². The molecule has 4 N–H and O–H groups in total. The first-order chi connectivity index (χ1) is 25.5. The molecule has 3 aromatic rings. The lowest BCUT2D eigenvalue weighted by atomic mass is 9.94. The van der Waals surface area contributed by atoms with Gasteiger partial charge in [-0.2, -0.15) is 0 Å². The molecule has 1 saturated heterocycles. The Bertz CT molecular complexity index is 1910. The molecule has 294 valence electrons. The van der Waals surface area contributed by atoms with Crippen molar-refractivity contribution in [1.82, 2.24) is 4.90 Å². The average Bonchev–Trinajstić information content (AvgIpc) is 3.62. The molecule has 0 bridgehead atoms. The van der Waals surface area contributed by atoms with Crippen LogP contribution in [0.1, 0.15) is 61.2 Å². The topological polar surface area (TPSA) is 223 Å². The number of carbonyl (C=O) groups excluding carboxylic acids is 4. The molecule has 2 heterocycles. The molecule has 54 heavy (non-hydrogen) atoms. The first-order valence-electron chi connectivity index (χ1n) is 16.4. The van der Waals surface area contributed by atoms with E-state index in [4.69, 9.17) is 44.8 Å². The van der Waals surface area contributed by atoms with Gasteiger partial charge in [0.15, 0.2) is 0 Å². The van der Waals surface area contributed by atoms with Crippen LogP contribution in [0.2, 0.25) is 5.02 Å². The summed E-state index contributed by atoms with van der Waals surface area (Å²) in [6.07, 6.45) is 0.228. The van der Waals surface area contributed by atoms with E-state index in [1.807, 2.05) is 0 Å². The molecule has 0 spiro atoms. The van der Waals surface area contributed by atoms with Gasteiger partial charge < -0.3 is 38.5 Å². The molecule has 4 rings (SSSR count). The van der Waals surface area contributed by atoms with Crippen LogP contribution >= 0.6 is 11.6 Å². The highest BCUT2D eigenvalue weighted by Crippen LogP contribution is 2.36. The highest BCUT2D eigenvalue weighted by Gasteiger charge is 2.49. The van der Waals surface area contributed by atoms with E-state index in [-0.39, 0.29) is 67.5 Å². The number of hydrogen-bond acceptors (Lipinski definition) is 14. The van der Waals surface area contributed by atoms with E-state index in [0.717, 1.165) is 23.1 Å². The number of furan rings is 1. The van der Waals surface area contributed by atoms with Gasteiger partial charge in [-0.05, 0) is 63.1 Å². The summed E-state index contributed by atoms with van der Waals surface area (Å²) in [4.78, 5) is 50.5. The zero-order valence-electron chi connectivity index (χ0n) is 29.1. The van der Waals surface area contributed by atoms with Crippen molar-refractivity contribution < 1.29 is 69.6 Å². The normalized spacial score (nSPS) is 18.5. The number of carbonyl (C=O) groups is 4. The van der Waals surface area contributed by atoms with Gasteiger partial charge in [0, 0.05) is 11.6 Å². The summed E-state index contributed by atoms with van der Waals surface area (Å²) in [5.41, 5.74) is -0.213. The monoisotopic (exact) mass is 801 g/mol. The van der Waals surface area contributed by atoms with E-state index in [1.165, 1.54) is 19.3 Å². The minimum atomic E-state index is -4.26. The van der Waals surface area contributed by atoms with E-state index < -0.39 is 81.6 Å². The van der Waals surface area contributed by atoms with Crippen molar-refractivity contribution in [3.63, 3.8) is 0 Å². The van der Waals surface area contributed by atoms with Crippen molar-refractivity contribution in [2.75, 3.05) is 31.9 Å². The zero-order chi connectivity index (χ0) is 39.6. The Balaban J connectivity index is 1.15. The van der Waals surface area contributed by atoms with E-state index in [1.54, 1.807) is 19.1 Å². The molecule has 1 aliphatic rings. The fourth-order valence-electron chi connectivity index (χ4n) is 5.33. The second-order valence-electron chi connectivity index (χ2n) is 12.0. The number of hydrogen-bond donors (Lipinski definition) is 3. The predicted molar refractivity (Wildman–Crippen MR) is 183 cm³/mol. The van der Waals surface area contributed by atoms with Gasteiger partial charge in [0.05, 0.1) is 73.8 Å². The second kappa shape index (κ2) is 18.5. The quantitative estimate of drug-likeness (QED) is 0.0795. The third-order valence-corrected chi connectivity index (χ3v) is 9.47. The smallest absolute Gasteiger partial charge is 0.413 e. The Morgan fingerprint density at radius 3 is 2.28 bits per heavy atom. The lowest BCUT2D eigenvalue weighted by molar-refractivity contribution is -0.280. The Labute approximate surface area is 313 Å². The number of sulfonamides is 1. The van der Waals surface area contributed by atoms with Crippen LogP contribution in [0.15, 0.2) is 58.0 Å². The SMILES string of the molecule is C[C@@H]1CO[C@@](O)(c2cc(F)cc(F)c2)[C@H](C)N1C(=O)OCOC(=O)CCC(=O)OCCCCOC(=O)c1cc(S(N)(=O)=O)c(Cl)cc1NCc1ccco1. The molecule has 0 saturated carbocycles. The fourth-order valence-corrected chi connectivity index (χ4v) is 6.42. The minimum absolute atomic E-state index is 0.0694. The molecule has 1 amide bonds. The van der Waals surface area contributed by atoms with Crippen molar-refractivity contribution in [1.29, 1.82) is 0 Å². The number of morpholine rings is 1. The Morgan fingerprint density at radius 1 is 1.00 bits per heavy atom. The molecule has 3 atom stereocenters. The van der Waals surface area contributed by atoms with Gasteiger partial charge in [0.1, 0.15) is 22.3 Å². The molecular weight excluding hydrogens is 764 g/mol. The Kier molecular flexibility index (Phi) is 14.3. The average molecular weight is 802 g/mol. The highest BCUT2D eigenvalue weighted by molar-refractivity contribution is 7.89. The third kappa shape index (κ3) is 11.1. The molecule has 20 heteroatoms. The molecule has 2 aromatic carbocycles. The molecule has 0 radical (unpaired) electrons. The van der Waals surface area contributed by atoms with Crippen molar-refractivity contribution in [3.8, 4) is 0 Å². The number of nitrogens with zero attached hydrogens (tertiary/aromatic N) is 1. The van der Waals surface area contributed by atoms with Gasteiger partial charge in [-0.1, -0.05) is 11.6 Å². The molecular formula is C34H38ClF2N3O13S. The maximum Gasteiger partial charge on any atom is 0.413 e. The van der Waals surface area contributed by atoms with Crippen LogP contribution in [0.4, 0.5) is 19.3 Å². The summed E-state index contributed by atoms with van der Waals surface area (Å²) in [6, 6.07) is 6.16. The maximum atomic E-state index is 13.8. The first kappa shape index (κ1) is 41.9. The summed E-state index contributed by atoms with van der Waals surface area (Å²) in [7, 11) is -4.26. The summed E-state index contributed by atoms with van der Waals surface area (Å²) < 4.78 is 82.5. The van der Waals surface area contributed by atoms with Crippen LogP contribution < -0.4 is 10.5 Å². The van der Waals surface area contributed by atoms with E-state index in [9.17, 15) is 41.5 Å². The van der Waals surface area contributed by atoms with E-state index in [2.05, 4.69) is 5.32 Å². The number of ether oxygens (including phenoxy) is 5. The van der Waals surface area contributed by atoms with Crippen molar-refractivity contribution >= 4 is 51.3 Å². The van der Waals surface area contributed by atoms with Crippen LogP contribution in [0.25, 0.3) is 0 Å². The lowest BCUT2D eigenvalue weighted by Crippen LogP contribution is -2.62. The number of benzene rings is 2. The van der Waals surface area contributed by atoms with Crippen LogP contribution in [0.5, 0.6) is 0 Å². The van der Waals surface area contributed by atoms with Gasteiger partial charge in [-0.3, -0.25) is 14.5 Å². The third-order valence-electron chi connectivity index (χ3n) is 8.09. The van der Waals surface area contributed by atoms with Crippen LogP contribution in [-0.4, -0.2) is 81.1 Å². The van der Waals surface area contributed by atoms with Crippen LogP contribution in [0, 0.1) is 11.6 Å². The molecule has 0 aliphatic carbocycles. The first-order valence-corrected chi connectivity index (χ1v) is 18.3. The zero-order valence-corrected chi connectivity index (χ0v) is 30.6. The molecule has 1 aliphatic heterocycles. The number of rotatable bonds is 16. The number of esters is 3. The predicted octanol–water partition coefficient (Wildman–Crippen LogP) is 4.32. The number of primary sulfonamides is 1. The summed E-state index contributed by atoms with van der Waals surface area (Å²) in [5, 5.41) is 19.1. The standard InChI is InChI=1S/C34H38ClF2N3O13S/c1-20-18-53-34(45,22-12-23(36)14-24(37)13-22)21(2)40(20)33(44)52-19-51-31(42)8-7-30(41)49-9-3-4-10-50-32(43)26-15-29(54(38,46)47)27(35)16-28(26)39-17-25-6-5-11-48-25/h5-6,11-16,20-21,39,45H,3-4,7-10,17-19H2,1-2H3,(H2,38,46,47)/t20-,21+,34-/m1/s1. The van der Waals surface area contributed by atoms with Crippen molar-refractivity contribution in [2.24, 2.45) is 5.14 Å². The van der Waals surface area contributed by atoms with E-state index in [0.29, 0.717) is 11.8 Å². The molecule has 1 fully saturated rings. The number of unbranched alkanes of at least 4 members (excludes halogenated alkanes) is 1. The van der Waals surface area contributed by atoms with Gasteiger partial charge in [0.25, 0.3) is 0 Å². The van der Waals surface area contributed by atoms with Gasteiger partial charge in [0.2, 0.25) is 22.6 Å². The molecule has 0 unspecified atom stereocenters. The Hall–Kier alpha value is -4.82. The summed E-state index contributed by atoms with van der Waals surface area (Å²) in [6.45, 7) is 1.91. The van der Waals surface area contributed by atoms with Crippen molar-refractivity contribution in [2.45, 2.75) is 68.8 Å². The number of nitrogens with one attached hydrogen (secondary N) is 1. The largest absolute Gasteiger partial charge is 0.467 e. The van der Waals surface area contributed by atoms with Crippen LogP contribution in [-0.2, 0) is 55.6 Å². The number of anilines is 1. The number of halogens is 3.